The summed E-state index contributed by atoms with van der Waals surface area (Å²) in [6.07, 6.45) is 3.91. The summed E-state index contributed by atoms with van der Waals surface area (Å²) in [7, 11) is 0. The molecule has 2 aromatic heterocycles. The second-order valence-electron chi connectivity index (χ2n) is 8.15. The lowest BCUT2D eigenvalue weighted by atomic mass is 9.97. The first-order chi connectivity index (χ1) is 15.1. The van der Waals surface area contributed by atoms with Gasteiger partial charge in [-0.2, -0.15) is 0 Å². The summed E-state index contributed by atoms with van der Waals surface area (Å²) in [6.45, 7) is 2.65. The van der Waals surface area contributed by atoms with Gasteiger partial charge in [-0.3, -0.25) is 4.79 Å². The smallest absolute Gasteiger partial charge is 0.274 e. The number of thiazole rings is 1. The number of amides is 1. The first kappa shape index (κ1) is 19.9. The van der Waals surface area contributed by atoms with Crippen molar-refractivity contribution in [3.05, 3.63) is 76.8 Å². The van der Waals surface area contributed by atoms with Gasteiger partial charge in [0.1, 0.15) is 11.5 Å². The van der Waals surface area contributed by atoms with Crippen LogP contribution in [0.4, 0.5) is 4.39 Å². The number of rotatable bonds is 4. The van der Waals surface area contributed by atoms with Crippen LogP contribution in [0.5, 0.6) is 0 Å². The normalized spacial score (nSPS) is 16.7. The molecule has 6 heteroatoms. The summed E-state index contributed by atoms with van der Waals surface area (Å²) >= 11 is 1.49. The van der Waals surface area contributed by atoms with E-state index in [1.54, 1.807) is 12.1 Å². The Hall–Kier alpha value is -2.99. The fraction of sp³-hybridized carbons (Fsp3) is 0.280. The molecule has 31 heavy (non-hydrogen) atoms. The SMILES string of the molecule is Cc1nc(C(=O)N2CCCCC2Cc2cc3ccccc3[nH]2)c(-c2ccc(F)cc2)s1. The number of aromatic nitrogens is 2. The molecule has 1 N–H and O–H groups in total. The van der Waals surface area contributed by atoms with Crippen LogP contribution in [0.1, 0.15) is 40.5 Å². The molecule has 2 aromatic carbocycles. The highest BCUT2D eigenvalue weighted by molar-refractivity contribution is 7.15. The minimum atomic E-state index is -0.285. The van der Waals surface area contributed by atoms with Crippen LogP contribution in [0, 0.1) is 12.7 Å². The third-order valence-electron chi connectivity index (χ3n) is 5.97. The zero-order valence-corrected chi connectivity index (χ0v) is 18.2. The Morgan fingerprint density at radius 3 is 2.81 bits per heavy atom. The van der Waals surface area contributed by atoms with Gasteiger partial charge in [0.15, 0.2) is 0 Å². The van der Waals surface area contributed by atoms with Gasteiger partial charge in [-0.15, -0.1) is 11.3 Å². The van der Waals surface area contributed by atoms with E-state index in [1.807, 2.05) is 24.0 Å². The molecule has 1 amide bonds. The molecule has 1 saturated heterocycles. The van der Waals surface area contributed by atoms with Crippen molar-refractivity contribution >= 4 is 28.1 Å². The molecule has 158 valence electrons. The molecule has 1 atom stereocenters. The number of likely N-dealkylation sites (tertiary alicyclic amines) is 1. The van der Waals surface area contributed by atoms with Crippen LogP contribution in [0.2, 0.25) is 0 Å². The molecule has 0 saturated carbocycles. The fourth-order valence-corrected chi connectivity index (χ4v) is 5.40. The Bertz CT molecular complexity index is 1190. The van der Waals surface area contributed by atoms with Gasteiger partial charge in [0, 0.05) is 30.2 Å². The molecule has 0 bridgehead atoms. The topological polar surface area (TPSA) is 49.0 Å². The van der Waals surface area contributed by atoms with Crippen LogP contribution in [0.25, 0.3) is 21.3 Å². The van der Waals surface area contributed by atoms with Crippen molar-refractivity contribution in [3.8, 4) is 10.4 Å². The predicted octanol–water partition coefficient (Wildman–Crippen LogP) is 5.98. The van der Waals surface area contributed by atoms with Crippen LogP contribution in [0.3, 0.4) is 0 Å². The maximum Gasteiger partial charge on any atom is 0.274 e. The van der Waals surface area contributed by atoms with E-state index < -0.39 is 0 Å². The second-order valence-corrected chi connectivity index (χ2v) is 9.35. The largest absolute Gasteiger partial charge is 0.358 e. The van der Waals surface area contributed by atoms with Gasteiger partial charge in [0.25, 0.3) is 5.91 Å². The molecular weight excluding hydrogens is 409 g/mol. The van der Waals surface area contributed by atoms with Crippen molar-refractivity contribution in [1.29, 1.82) is 0 Å². The third-order valence-corrected chi connectivity index (χ3v) is 6.99. The number of hydrogen-bond acceptors (Lipinski definition) is 3. The lowest BCUT2D eigenvalue weighted by Gasteiger charge is -2.35. The summed E-state index contributed by atoms with van der Waals surface area (Å²) in [6, 6.07) is 16.9. The average molecular weight is 434 g/mol. The van der Waals surface area contributed by atoms with Crippen LogP contribution in [-0.2, 0) is 6.42 Å². The van der Waals surface area contributed by atoms with E-state index in [4.69, 9.17) is 0 Å². The number of fused-ring (bicyclic) bond motifs is 1. The summed E-state index contributed by atoms with van der Waals surface area (Å²) in [5.41, 5.74) is 3.59. The maximum atomic E-state index is 13.6. The van der Waals surface area contributed by atoms with Crippen molar-refractivity contribution < 1.29 is 9.18 Å². The molecule has 1 unspecified atom stereocenters. The zero-order chi connectivity index (χ0) is 21.4. The Morgan fingerprint density at radius 1 is 1.19 bits per heavy atom. The highest BCUT2D eigenvalue weighted by atomic mass is 32.1. The number of halogens is 1. The summed E-state index contributed by atoms with van der Waals surface area (Å²) < 4.78 is 13.4. The Kier molecular flexibility index (Phi) is 5.32. The van der Waals surface area contributed by atoms with Crippen LogP contribution in [0.15, 0.2) is 54.6 Å². The summed E-state index contributed by atoms with van der Waals surface area (Å²) in [5.74, 6) is -0.309. The lowest BCUT2D eigenvalue weighted by molar-refractivity contribution is 0.0608. The number of aromatic amines is 1. The van der Waals surface area contributed by atoms with Gasteiger partial charge in [-0.1, -0.05) is 30.3 Å². The van der Waals surface area contributed by atoms with Crippen molar-refractivity contribution in [2.24, 2.45) is 0 Å². The molecule has 1 aliphatic heterocycles. The molecule has 5 rings (SSSR count). The number of nitrogens with one attached hydrogen (secondary N) is 1. The summed E-state index contributed by atoms with van der Waals surface area (Å²) in [5, 5.41) is 2.03. The molecule has 4 nitrogen and oxygen atoms in total. The first-order valence-corrected chi connectivity index (χ1v) is 11.5. The minimum Gasteiger partial charge on any atom is -0.358 e. The van der Waals surface area contributed by atoms with E-state index in [1.165, 1.54) is 28.9 Å². The van der Waals surface area contributed by atoms with Gasteiger partial charge >= 0.3 is 0 Å². The quantitative estimate of drug-likeness (QED) is 0.431. The van der Waals surface area contributed by atoms with E-state index in [-0.39, 0.29) is 17.8 Å². The number of hydrogen-bond donors (Lipinski definition) is 1. The van der Waals surface area contributed by atoms with Crippen molar-refractivity contribution in [3.63, 3.8) is 0 Å². The van der Waals surface area contributed by atoms with Gasteiger partial charge in [-0.25, -0.2) is 9.37 Å². The van der Waals surface area contributed by atoms with Gasteiger partial charge in [0.2, 0.25) is 0 Å². The average Bonchev–Trinajstić information content (AvgIpc) is 3.37. The van der Waals surface area contributed by atoms with Crippen molar-refractivity contribution in [2.45, 2.75) is 38.6 Å². The van der Waals surface area contributed by atoms with Crippen LogP contribution in [-0.4, -0.2) is 33.4 Å². The number of H-pyrrole nitrogens is 1. The molecular formula is C25H24FN3OS. The van der Waals surface area contributed by atoms with E-state index in [0.717, 1.165) is 58.9 Å². The molecule has 0 spiro atoms. The molecule has 0 radical (unpaired) electrons. The van der Waals surface area contributed by atoms with Gasteiger partial charge < -0.3 is 9.88 Å². The molecule has 1 fully saturated rings. The Morgan fingerprint density at radius 2 is 2.00 bits per heavy atom. The lowest BCUT2D eigenvalue weighted by Crippen LogP contribution is -2.45. The van der Waals surface area contributed by atoms with Gasteiger partial charge in [0.05, 0.1) is 9.88 Å². The monoisotopic (exact) mass is 433 g/mol. The second kappa shape index (κ2) is 8.27. The molecule has 0 aliphatic carbocycles. The number of benzene rings is 2. The fourth-order valence-electron chi connectivity index (χ4n) is 4.48. The number of carbonyl (C=O) groups excluding carboxylic acids is 1. The summed E-state index contributed by atoms with van der Waals surface area (Å²) in [4.78, 5) is 24.5. The standard InChI is InChI=1S/C25H24FN3OS/c1-16-27-23(24(31-16)17-9-11-19(26)12-10-17)25(30)29-13-5-4-7-21(29)15-20-14-18-6-2-3-8-22(18)28-20/h2-3,6,8-12,14,21,28H,4-5,7,13,15H2,1H3. The van der Waals surface area contributed by atoms with E-state index >= 15 is 0 Å². The Balaban J connectivity index is 1.44. The first-order valence-electron chi connectivity index (χ1n) is 10.7. The zero-order valence-electron chi connectivity index (χ0n) is 17.4. The number of aryl methyl sites for hydroxylation is 1. The van der Waals surface area contributed by atoms with Crippen LogP contribution >= 0.6 is 11.3 Å². The van der Waals surface area contributed by atoms with E-state index in [2.05, 4.69) is 28.2 Å². The van der Waals surface area contributed by atoms with Crippen molar-refractivity contribution in [2.75, 3.05) is 6.54 Å². The molecule has 3 heterocycles. The number of nitrogens with zero attached hydrogens (tertiary/aromatic N) is 2. The molecule has 4 aromatic rings. The number of piperidine rings is 1. The maximum absolute atomic E-state index is 13.6. The number of carbonyl (C=O) groups is 1. The highest BCUT2D eigenvalue weighted by Gasteiger charge is 2.31. The third kappa shape index (κ3) is 4.00. The van der Waals surface area contributed by atoms with Crippen molar-refractivity contribution in [1.82, 2.24) is 14.9 Å². The van der Waals surface area contributed by atoms with E-state index in [0.29, 0.717) is 5.69 Å². The molecule has 1 aliphatic rings. The van der Waals surface area contributed by atoms with Gasteiger partial charge in [-0.05, 0) is 61.4 Å². The Labute approximate surface area is 184 Å². The van der Waals surface area contributed by atoms with E-state index in [9.17, 15) is 9.18 Å². The number of para-hydroxylation sites is 1. The minimum absolute atomic E-state index is 0.0236. The predicted molar refractivity (Wildman–Crippen MR) is 123 cm³/mol. The van der Waals surface area contributed by atoms with Crippen LogP contribution < -0.4 is 0 Å². The highest BCUT2D eigenvalue weighted by Crippen LogP contribution is 2.33.